The smallest absolute Gasteiger partial charge is 0.134 e. The first kappa shape index (κ1) is 9.39. The molecule has 1 aromatic rings. The molecule has 0 amide bonds. The largest absolute Gasteiger partial charge is 0.206 e. The molecule has 12 heavy (non-hydrogen) atoms. The van der Waals surface area contributed by atoms with Crippen LogP contribution in [0.4, 0.5) is 8.78 Å². The van der Waals surface area contributed by atoms with Crippen LogP contribution in [0.1, 0.15) is 12.5 Å². The second-order valence-electron chi connectivity index (χ2n) is 2.28. The van der Waals surface area contributed by atoms with E-state index in [4.69, 9.17) is 0 Å². The molecule has 1 aromatic carbocycles. The summed E-state index contributed by atoms with van der Waals surface area (Å²) in [6.07, 6.45) is 2.99. The van der Waals surface area contributed by atoms with Gasteiger partial charge in [-0.25, -0.2) is 8.78 Å². The highest BCUT2D eigenvalue weighted by Crippen LogP contribution is 2.20. The number of hydrogen-bond donors (Lipinski definition) is 0. The van der Waals surface area contributed by atoms with Crippen molar-refractivity contribution in [2.75, 3.05) is 0 Å². The number of hydrogen-bond acceptors (Lipinski definition) is 0. The van der Waals surface area contributed by atoms with Crippen LogP contribution in [0.3, 0.4) is 0 Å². The van der Waals surface area contributed by atoms with E-state index in [2.05, 4.69) is 15.9 Å². The zero-order valence-corrected chi connectivity index (χ0v) is 8.03. The van der Waals surface area contributed by atoms with Crippen molar-refractivity contribution >= 4 is 22.0 Å². The molecule has 0 bridgehead atoms. The van der Waals surface area contributed by atoms with Gasteiger partial charge in [-0.15, -0.1) is 0 Å². The fourth-order valence-corrected chi connectivity index (χ4v) is 1.28. The van der Waals surface area contributed by atoms with E-state index in [1.165, 1.54) is 18.2 Å². The highest BCUT2D eigenvalue weighted by atomic mass is 79.9. The van der Waals surface area contributed by atoms with Crippen LogP contribution in [0.15, 0.2) is 22.7 Å². The van der Waals surface area contributed by atoms with Crippen LogP contribution >= 0.6 is 15.9 Å². The lowest BCUT2D eigenvalue weighted by Crippen LogP contribution is -1.88. The van der Waals surface area contributed by atoms with Crippen molar-refractivity contribution in [2.24, 2.45) is 0 Å². The third-order valence-corrected chi connectivity index (χ3v) is 1.83. The molecule has 0 saturated heterocycles. The lowest BCUT2D eigenvalue weighted by atomic mass is 10.2. The summed E-state index contributed by atoms with van der Waals surface area (Å²) >= 11 is 2.99. The molecule has 0 aliphatic heterocycles. The summed E-state index contributed by atoms with van der Waals surface area (Å²) < 4.78 is 26.4. The van der Waals surface area contributed by atoms with Crippen molar-refractivity contribution in [1.29, 1.82) is 0 Å². The Hall–Kier alpha value is -0.700. The molecule has 0 fully saturated rings. The second kappa shape index (κ2) is 3.81. The molecule has 0 N–H and O–H groups in total. The van der Waals surface area contributed by atoms with Crippen molar-refractivity contribution in [3.63, 3.8) is 0 Å². The van der Waals surface area contributed by atoms with Gasteiger partial charge >= 0.3 is 0 Å². The number of halogens is 3. The Labute approximate surface area is 78.0 Å². The molecular weight excluding hydrogens is 226 g/mol. The average molecular weight is 233 g/mol. The minimum Gasteiger partial charge on any atom is -0.206 e. The highest BCUT2D eigenvalue weighted by Gasteiger charge is 2.06. The molecular formula is C9H7BrF2. The predicted octanol–water partition coefficient (Wildman–Crippen LogP) is 3.76. The topological polar surface area (TPSA) is 0 Å². The third kappa shape index (κ3) is 1.91. The Bertz CT molecular complexity index is 295. The molecule has 0 atom stereocenters. The van der Waals surface area contributed by atoms with Gasteiger partial charge in [0.2, 0.25) is 0 Å². The fourth-order valence-electron chi connectivity index (χ4n) is 0.879. The van der Waals surface area contributed by atoms with Gasteiger partial charge in [0, 0.05) is 10.0 Å². The third-order valence-electron chi connectivity index (χ3n) is 1.38. The van der Waals surface area contributed by atoms with Gasteiger partial charge in [0.05, 0.1) is 0 Å². The van der Waals surface area contributed by atoms with E-state index in [9.17, 15) is 8.78 Å². The summed E-state index contributed by atoms with van der Waals surface area (Å²) in [7, 11) is 0. The molecule has 0 spiro atoms. The van der Waals surface area contributed by atoms with E-state index < -0.39 is 11.6 Å². The predicted molar refractivity (Wildman–Crippen MR) is 48.8 cm³/mol. The van der Waals surface area contributed by atoms with Gasteiger partial charge in [-0.05, 0) is 19.1 Å². The lowest BCUT2D eigenvalue weighted by Gasteiger charge is -1.99. The van der Waals surface area contributed by atoms with E-state index in [1.807, 2.05) is 0 Å². The molecule has 0 aromatic heterocycles. The molecule has 1 rings (SSSR count). The molecule has 0 aliphatic rings. The first-order valence-electron chi connectivity index (χ1n) is 3.42. The van der Waals surface area contributed by atoms with Crippen LogP contribution in [-0.4, -0.2) is 0 Å². The van der Waals surface area contributed by atoms with Gasteiger partial charge < -0.3 is 0 Å². The van der Waals surface area contributed by atoms with Crippen LogP contribution in [0, 0.1) is 11.6 Å². The normalized spacial score (nSPS) is 11.0. The first-order chi connectivity index (χ1) is 5.65. The minimum atomic E-state index is -0.556. The zero-order valence-electron chi connectivity index (χ0n) is 6.44. The van der Waals surface area contributed by atoms with Gasteiger partial charge in [0.15, 0.2) is 0 Å². The van der Waals surface area contributed by atoms with Crippen LogP contribution in [0.25, 0.3) is 6.08 Å². The Kier molecular flexibility index (Phi) is 2.98. The highest BCUT2D eigenvalue weighted by molar-refractivity contribution is 9.10. The summed E-state index contributed by atoms with van der Waals surface area (Å²) in [5.41, 5.74) is 0.000648. The molecule has 0 heterocycles. The molecule has 0 saturated carbocycles. The van der Waals surface area contributed by atoms with Gasteiger partial charge in [-0.3, -0.25) is 0 Å². The van der Waals surface area contributed by atoms with Gasteiger partial charge in [0.1, 0.15) is 11.6 Å². The molecule has 3 heteroatoms. The molecule has 0 nitrogen and oxygen atoms in total. The second-order valence-corrected chi connectivity index (χ2v) is 3.20. The molecule has 0 aliphatic carbocycles. The fraction of sp³-hybridized carbons (Fsp3) is 0.111. The monoisotopic (exact) mass is 232 g/mol. The van der Waals surface area contributed by atoms with Crippen LogP contribution < -0.4 is 0 Å². The Morgan fingerprint density at radius 3 is 2.17 bits per heavy atom. The van der Waals surface area contributed by atoms with E-state index in [0.717, 1.165) is 0 Å². The van der Waals surface area contributed by atoms with E-state index in [-0.39, 0.29) is 5.56 Å². The van der Waals surface area contributed by atoms with Gasteiger partial charge in [-0.2, -0.15) is 0 Å². The number of rotatable bonds is 1. The van der Waals surface area contributed by atoms with Crippen molar-refractivity contribution in [1.82, 2.24) is 0 Å². The maximum atomic E-state index is 13.0. The lowest BCUT2D eigenvalue weighted by molar-refractivity contribution is 0.577. The molecule has 0 radical (unpaired) electrons. The van der Waals surface area contributed by atoms with Crippen LogP contribution in [0.2, 0.25) is 0 Å². The molecule has 0 unspecified atom stereocenters. The van der Waals surface area contributed by atoms with E-state index in [0.29, 0.717) is 4.47 Å². The Morgan fingerprint density at radius 1 is 1.25 bits per heavy atom. The van der Waals surface area contributed by atoms with Gasteiger partial charge in [0.25, 0.3) is 0 Å². The number of benzene rings is 1. The van der Waals surface area contributed by atoms with Crippen molar-refractivity contribution < 1.29 is 8.78 Å². The summed E-state index contributed by atoms with van der Waals surface area (Å²) in [5.74, 6) is -1.11. The average Bonchev–Trinajstić information content (AvgIpc) is 1.96. The van der Waals surface area contributed by atoms with Crippen molar-refractivity contribution in [3.8, 4) is 0 Å². The van der Waals surface area contributed by atoms with Crippen LogP contribution in [-0.2, 0) is 0 Å². The number of allylic oxidation sites excluding steroid dienone is 1. The van der Waals surface area contributed by atoms with E-state index >= 15 is 0 Å². The molecule has 64 valence electrons. The van der Waals surface area contributed by atoms with Crippen LogP contribution in [0.5, 0.6) is 0 Å². The van der Waals surface area contributed by atoms with Crippen molar-refractivity contribution in [3.05, 3.63) is 39.9 Å². The Balaban J connectivity index is 3.28. The maximum absolute atomic E-state index is 13.0. The zero-order chi connectivity index (χ0) is 9.14. The summed E-state index contributed by atoms with van der Waals surface area (Å²) in [6, 6.07) is 2.47. The summed E-state index contributed by atoms with van der Waals surface area (Å²) in [5, 5.41) is 0. The van der Waals surface area contributed by atoms with E-state index in [1.54, 1.807) is 13.0 Å². The summed E-state index contributed by atoms with van der Waals surface area (Å²) in [4.78, 5) is 0. The Morgan fingerprint density at radius 2 is 1.75 bits per heavy atom. The standard InChI is InChI=1S/C9H7BrF2/c1-2-3-7-8(11)4-6(10)5-9(7)12/h2-5H,1H3. The SMILES string of the molecule is CC=Cc1c(F)cc(Br)cc1F. The van der Waals surface area contributed by atoms with Crippen molar-refractivity contribution in [2.45, 2.75) is 6.92 Å². The maximum Gasteiger partial charge on any atom is 0.134 e. The first-order valence-corrected chi connectivity index (χ1v) is 4.21. The van der Waals surface area contributed by atoms with Gasteiger partial charge in [-0.1, -0.05) is 28.1 Å². The quantitative estimate of drug-likeness (QED) is 0.692. The summed E-state index contributed by atoms with van der Waals surface area (Å²) in [6.45, 7) is 1.71. The minimum absolute atomic E-state index is 0.000648.